The van der Waals surface area contributed by atoms with Gasteiger partial charge in [0.25, 0.3) is 0 Å². The van der Waals surface area contributed by atoms with Gasteiger partial charge in [-0.05, 0) is 19.3 Å². The first-order valence-corrected chi connectivity index (χ1v) is 8.96. The predicted octanol–water partition coefficient (Wildman–Crippen LogP) is 6.36. The van der Waals surface area contributed by atoms with Crippen LogP contribution in [-0.4, -0.2) is 12.2 Å². The van der Waals surface area contributed by atoms with Crippen molar-refractivity contribution in [1.82, 2.24) is 0 Å². The van der Waals surface area contributed by atoms with Gasteiger partial charge in [0.15, 0.2) is 0 Å². The second-order valence-corrected chi connectivity index (χ2v) is 6.08. The molecule has 2 unspecified atom stereocenters. The molecule has 0 aliphatic carbocycles. The normalized spacial score (nSPS) is 21.4. The SMILES string of the molecule is C=CC=CCC=CCC1OC1CCCCCCCCCC. The van der Waals surface area contributed by atoms with Gasteiger partial charge in [0.2, 0.25) is 0 Å². The molecule has 1 nitrogen and oxygen atoms in total. The van der Waals surface area contributed by atoms with Crippen molar-refractivity contribution in [3.63, 3.8) is 0 Å². The van der Waals surface area contributed by atoms with Gasteiger partial charge < -0.3 is 4.74 Å². The lowest BCUT2D eigenvalue weighted by Crippen LogP contribution is -1.93. The molecule has 1 rings (SSSR count). The summed E-state index contributed by atoms with van der Waals surface area (Å²) in [5.41, 5.74) is 0. The summed E-state index contributed by atoms with van der Waals surface area (Å²) in [7, 11) is 0. The molecule has 0 amide bonds. The molecule has 1 heteroatoms. The third-order valence-corrected chi connectivity index (χ3v) is 4.11. The fourth-order valence-corrected chi connectivity index (χ4v) is 2.70. The van der Waals surface area contributed by atoms with Gasteiger partial charge in [-0.3, -0.25) is 0 Å². The van der Waals surface area contributed by atoms with Gasteiger partial charge in [0, 0.05) is 0 Å². The molecule has 120 valence electrons. The predicted molar refractivity (Wildman–Crippen MR) is 93.6 cm³/mol. The van der Waals surface area contributed by atoms with Crippen LogP contribution in [0.15, 0.2) is 37.0 Å². The van der Waals surface area contributed by atoms with Gasteiger partial charge in [-0.2, -0.15) is 0 Å². The minimum absolute atomic E-state index is 0.509. The maximum absolute atomic E-state index is 5.72. The highest BCUT2D eigenvalue weighted by molar-refractivity contribution is 5.02. The van der Waals surface area contributed by atoms with E-state index in [9.17, 15) is 0 Å². The third kappa shape index (κ3) is 10.5. The molecule has 1 saturated heterocycles. The van der Waals surface area contributed by atoms with Crippen molar-refractivity contribution in [2.75, 3.05) is 0 Å². The monoisotopic (exact) mass is 290 g/mol. The van der Waals surface area contributed by atoms with E-state index in [1.807, 2.05) is 12.2 Å². The Morgan fingerprint density at radius 2 is 1.57 bits per heavy atom. The Morgan fingerprint density at radius 1 is 0.857 bits per heavy atom. The van der Waals surface area contributed by atoms with E-state index >= 15 is 0 Å². The molecule has 1 heterocycles. The molecule has 0 N–H and O–H groups in total. The Morgan fingerprint density at radius 3 is 2.29 bits per heavy atom. The van der Waals surface area contributed by atoms with Gasteiger partial charge in [-0.25, -0.2) is 0 Å². The number of hydrogen-bond acceptors (Lipinski definition) is 1. The first-order valence-electron chi connectivity index (χ1n) is 8.96. The molecule has 0 aromatic carbocycles. The molecule has 1 aliphatic rings. The van der Waals surface area contributed by atoms with Crippen LogP contribution in [0.3, 0.4) is 0 Å². The lowest BCUT2D eigenvalue weighted by Gasteiger charge is -2.00. The third-order valence-electron chi connectivity index (χ3n) is 4.11. The second-order valence-electron chi connectivity index (χ2n) is 6.08. The zero-order valence-electron chi connectivity index (χ0n) is 13.9. The van der Waals surface area contributed by atoms with Crippen LogP contribution in [0.2, 0.25) is 0 Å². The van der Waals surface area contributed by atoms with Crippen molar-refractivity contribution in [3.05, 3.63) is 37.0 Å². The van der Waals surface area contributed by atoms with Gasteiger partial charge >= 0.3 is 0 Å². The Bertz CT molecular complexity index is 303. The fraction of sp³-hybridized carbons (Fsp3) is 0.700. The van der Waals surface area contributed by atoms with Crippen LogP contribution in [0.1, 0.15) is 77.6 Å². The van der Waals surface area contributed by atoms with Gasteiger partial charge in [-0.15, -0.1) is 0 Å². The molecular weight excluding hydrogens is 256 g/mol. The lowest BCUT2D eigenvalue weighted by molar-refractivity contribution is 0.358. The summed E-state index contributed by atoms with van der Waals surface area (Å²) in [6.07, 6.45) is 26.0. The van der Waals surface area contributed by atoms with Crippen molar-refractivity contribution in [2.24, 2.45) is 0 Å². The van der Waals surface area contributed by atoms with Crippen LogP contribution in [0, 0.1) is 0 Å². The van der Waals surface area contributed by atoms with E-state index in [1.54, 1.807) is 0 Å². The molecule has 0 aromatic heterocycles. The van der Waals surface area contributed by atoms with Crippen LogP contribution < -0.4 is 0 Å². The Kier molecular flexibility index (Phi) is 11.2. The van der Waals surface area contributed by atoms with Crippen LogP contribution in [0.25, 0.3) is 0 Å². The van der Waals surface area contributed by atoms with Crippen LogP contribution in [-0.2, 0) is 4.74 Å². The maximum atomic E-state index is 5.72. The molecule has 0 radical (unpaired) electrons. The Balaban J connectivity index is 1.84. The quantitative estimate of drug-likeness (QED) is 0.157. The number of allylic oxidation sites excluding steroid dienone is 4. The number of rotatable bonds is 14. The van der Waals surface area contributed by atoms with Crippen molar-refractivity contribution in [1.29, 1.82) is 0 Å². The molecule has 2 atom stereocenters. The van der Waals surface area contributed by atoms with Crippen molar-refractivity contribution in [2.45, 2.75) is 89.8 Å². The summed E-state index contributed by atoms with van der Waals surface area (Å²) in [5, 5.41) is 0. The average molecular weight is 290 g/mol. The largest absolute Gasteiger partial charge is 0.369 e. The van der Waals surface area contributed by atoms with Gasteiger partial charge in [0.1, 0.15) is 0 Å². The minimum atomic E-state index is 0.509. The van der Waals surface area contributed by atoms with E-state index in [0.717, 1.165) is 12.8 Å². The first-order chi connectivity index (χ1) is 10.4. The average Bonchev–Trinajstić information content (AvgIpc) is 3.24. The zero-order chi connectivity index (χ0) is 15.2. The summed E-state index contributed by atoms with van der Waals surface area (Å²) in [6, 6.07) is 0. The number of hydrogen-bond donors (Lipinski definition) is 0. The molecule has 0 aromatic rings. The molecule has 1 aliphatic heterocycles. The number of ether oxygens (including phenoxy) is 1. The summed E-state index contributed by atoms with van der Waals surface area (Å²) in [5.74, 6) is 0. The highest BCUT2D eigenvalue weighted by Gasteiger charge is 2.36. The van der Waals surface area contributed by atoms with E-state index in [-0.39, 0.29) is 0 Å². The highest BCUT2D eigenvalue weighted by Crippen LogP contribution is 2.30. The van der Waals surface area contributed by atoms with E-state index in [0.29, 0.717) is 12.2 Å². The van der Waals surface area contributed by atoms with E-state index in [4.69, 9.17) is 4.74 Å². The van der Waals surface area contributed by atoms with E-state index in [1.165, 1.54) is 57.8 Å². The van der Waals surface area contributed by atoms with Crippen LogP contribution in [0.5, 0.6) is 0 Å². The van der Waals surface area contributed by atoms with Crippen molar-refractivity contribution >= 4 is 0 Å². The second kappa shape index (κ2) is 12.9. The maximum Gasteiger partial charge on any atom is 0.0876 e. The number of epoxide rings is 1. The molecule has 1 fully saturated rings. The topological polar surface area (TPSA) is 12.5 Å². The van der Waals surface area contributed by atoms with E-state index in [2.05, 4.69) is 31.7 Å². The molecule has 0 saturated carbocycles. The fourth-order valence-electron chi connectivity index (χ4n) is 2.70. The smallest absolute Gasteiger partial charge is 0.0876 e. The van der Waals surface area contributed by atoms with Gasteiger partial charge in [-0.1, -0.05) is 95.2 Å². The van der Waals surface area contributed by atoms with Gasteiger partial charge in [0.05, 0.1) is 12.2 Å². The standard InChI is InChI=1S/C20H34O/c1-3-5-7-9-11-12-14-16-18-20-19(21-20)17-15-13-10-8-6-4-2/h4,6,8,13,15,19-20H,2-3,5,7,9-12,14,16-18H2,1H3. The highest BCUT2D eigenvalue weighted by atomic mass is 16.6. The van der Waals surface area contributed by atoms with Crippen molar-refractivity contribution in [3.8, 4) is 0 Å². The van der Waals surface area contributed by atoms with E-state index < -0.39 is 0 Å². The summed E-state index contributed by atoms with van der Waals surface area (Å²) in [4.78, 5) is 0. The summed E-state index contributed by atoms with van der Waals surface area (Å²) in [6.45, 7) is 5.93. The van der Waals surface area contributed by atoms with Crippen LogP contribution in [0.4, 0.5) is 0 Å². The Hall–Kier alpha value is -0.820. The summed E-state index contributed by atoms with van der Waals surface area (Å²) < 4.78 is 5.72. The molecule has 21 heavy (non-hydrogen) atoms. The summed E-state index contributed by atoms with van der Waals surface area (Å²) >= 11 is 0. The molecule has 0 spiro atoms. The molecule has 0 bridgehead atoms. The van der Waals surface area contributed by atoms with Crippen molar-refractivity contribution < 1.29 is 4.74 Å². The first kappa shape index (κ1) is 18.2. The minimum Gasteiger partial charge on any atom is -0.369 e. The number of unbranched alkanes of at least 4 members (excludes halogenated alkanes) is 7. The zero-order valence-corrected chi connectivity index (χ0v) is 13.9. The molecular formula is C20H34O. The Labute approximate surface area is 132 Å². The van der Waals surface area contributed by atoms with Crippen LogP contribution >= 0.6 is 0 Å². The lowest BCUT2D eigenvalue weighted by atomic mass is 10.1.